The van der Waals surface area contributed by atoms with Crippen molar-refractivity contribution in [3.63, 3.8) is 0 Å². The fourth-order valence-electron chi connectivity index (χ4n) is 1.39. The summed E-state index contributed by atoms with van der Waals surface area (Å²) in [7, 11) is 0. The third-order valence-electron chi connectivity index (χ3n) is 2.43. The van der Waals surface area contributed by atoms with Crippen LogP contribution in [0.4, 0.5) is 5.13 Å². The Balaban J connectivity index is 2.02. The van der Waals surface area contributed by atoms with Crippen LogP contribution in [0.2, 0.25) is 0 Å². The zero-order chi connectivity index (χ0) is 12.3. The largest absolute Gasteiger partial charge is 0.351 e. The van der Waals surface area contributed by atoms with Gasteiger partial charge in [-0.15, -0.1) is 11.3 Å². The van der Waals surface area contributed by atoms with Crippen molar-refractivity contribution in [3.05, 3.63) is 21.9 Å². The number of hydrogen-bond acceptors (Lipinski definition) is 6. The number of hydrogen-bond donors (Lipinski definition) is 1. The van der Waals surface area contributed by atoms with E-state index in [0.717, 1.165) is 34.5 Å². The van der Waals surface area contributed by atoms with Gasteiger partial charge in [0.15, 0.2) is 0 Å². The van der Waals surface area contributed by atoms with Gasteiger partial charge in [0.05, 0.1) is 11.7 Å². The second kappa shape index (κ2) is 5.55. The normalized spacial score (nSPS) is 12.6. The number of anilines is 1. The van der Waals surface area contributed by atoms with Crippen LogP contribution in [-0.2, 0) is 12.8 Å². The third kappa shape index (κ3) is 3.01. The Morgan fingerprint density at radius 2 is 2.12 bits per heavy atom. The lowest BCUT2D eigenvalue weighted by Gasteiger charge is -2.08. The van der Waals surface area contributed by atoms with E-state index in [1.165, 1.54) is 11.5 Å². The minimum atomic E-state index is 0.193. The van der Waals surface area contributed by atoms with E-state index in [2.05, 4.69) is 45.8 Å². The van der Waals surface area contributed by atoms with E-state index in [-0.39, 0.29) is 6.04 Å². The molecule has 0 saturated heterocycles. The van der Waals surface area contributed by atoms with E-state index in [9.17, 15) is 0 Å². The summed E-state index contributed by atoms with van der Waals surface area (Å²) in [6.07, 6.45) is 1.87. The first-order valence-electron chi connectivity index (χ1n) is 5.76. The molecular weight excluding hydrogens is 252 g/mol. The molecule has 0 aliphatic rings. The van der Waals surface area contributed by atoms with Crippen LogP contribution in [0.15, 0.2) is 5.38 Å². The van der Waals surface area contributed by atoms with Gasteiger partial charge in [-0.2, -0.15) is 4.37 Å². The molecule has 92 valence electrons. The number of aryl methyl sites for hydroxylation is 2. The van der Waals surface area contributed by atoms with Crippen molar-refractivity contribution in [2.75, 3.05) is 5.32 Å². The highest BCUT2D eigenvalue weighted by Crippen LogP contribution is 2.23. The molecule has 0 aliphatic heterocycles. The molecule has 1 unspecified atom stereocenters. The monoisotopic (exact) mass is 268 g/mol. The predicted octanol–water partition coefficient (Wildman–Crippen LogP) is 3.29. The lowest BCUT2D eigenvalue weighted by molar-refractivity contribution is 0.850. The Morgan fingerprint density at radius 3 is 2.71 bits per heavy atom. The van der Waals surface area contributed by atoms with Crippen molar-refractivity contribution in [2.45, 2.75) is 39.7 Å². The molecule has 0 aromatic carbocycles. The van der Waals surface area contributed by atoms with Gasteiger partial charge >= 0.3 is 0 Å². The second-order valence-electron chi connectivity index (χ2n) is 3.77. The van der Waals surface area contributed by atoms with Crippen LogP contribution in [0.1, 0.15) is 43.3 Å². The Labute approximate surface area is 109 Å². The number of thiazole rings is 1. The molecule has 1 atom stereocenters. The maximum atomic E-state index is 4.56. The minimum absolute atomic E-state index is 0.193. The lowest BCUT2D eigenvalue weighted by Crippen LogP contribution is -2.06. The molecular formula is C11H16N4S2. The maximum absolute atomic E-state index is 4.56. The van der Waals surface area contributed by atoms with E-state index in [1.807, 2.05) is 0 Å². The first kappa shape index (κ1) is 12.4. The number of nitrogens with one attached hydrogen (secondary N) is 1. The Hall–Kier alpha value is -1.01. The van der Waals surface area contributed by atoms with Crippen LogP contribution < -0.4 is 5.32 Å². The van der Waals surface area contributed by atoms with Gasteiger partial charge < -0.3 is 5.32 Å². The molecule has 2 heterocycles. The average Bonchev–Trinajstić information content (AvgIpc) is 2.96. The smallest absolute Gasteiger partial charge is 0.203 e. The quantitative estimate of drug-likeness (QED) is 0.904. The van der Waals surface area contributed by atoms with Crippen LogP contribution in [-0.4, -0.2) is 14.3 Å². The number of aromatic nitrogens is 3. The molecule has 2 aromatic heterocycles. The summed E-state index contributed by atoms with van der Waals surface area (Å²) in [5.41, 5.74) is 1.16. The highest BCUT2D eigenvalue weighted by atomic mass is 32.1. The molecule has 0 amide bonds. The van der Waals surface area contributed by atoms with E-state index in [4.69, 9.17) is 0 Å². The Morgan fingerprint density at radius 1 is 1.29 bits per heavy atom. The summed E-state index contributed by atoms with van der Waals surface area (Å²) < 4.78 is 4.25. The van der Waals surface area contributed by atoms with Gasteiger partial charge in [-0.3, -0.25) is 0 Å². The first-order chi connectivity index (χ1) is 8.22. The molecule has 2 rings (SSSR count). The van der Waals surface area contributed by atoms with Crippen molar-refractivity contribution in [3.8, 4) is 0 Å². The van der Waals surface area contributed by atoms with Crippen molar-refractivity contribution in [1.29, 1.82) is 0 Å². The third-order valence-corrected chi connectivity index (χ3v) is 4.19. The van der Waals surface area contributed by atoms with Crippen LogP contribution in [0, 0.1) is 0 Å². The molecule has 0 saturated carbocycles. The Bertz CT molecular complexity index is 477. The van der Waals surface area contributed by atoms with Crippen LogP contribution in [0.5, 0.6) is 0 Å². The fourth-order valence-corrected chi connectivity index (χ4v) is 3.03. The molecule has 6 heteroatoms. The van der Waals surface area contributed by atoms with Gasteiger partial charge in [0, 0.05) is 23.3 Å². The maximum Gasteiger partial charge on any atom is 0.203 e. The van der Waals surface area contributed by atoms with Gasteiger partial charge in [0.2, 0.25) is 5.13 Å². The summed E-state index contributed by atoms with van der Waals surface area (Å²) in [5, 5.41) is 7.44. The summed E-state index contributed by atoms with van der Waals surface area (Å²) in [4.78, 5) is 8.96. The van der Waals surface area contributed by atoms with E-state index >= 15 is 0 Å². The van der Waals surface area contributed by atoms with Crippen molar-refractivity contribution < 1.29 is 0 Å². The minimum Gasteiger partial charge on any atom is -0.351 e. The van der Waals surface area contributed by atoms with Gasteiger partial charge in [-0.05, 0) is 13.3 Å². The van der Waals surface area contributed by atoms with E-state index in [0.29, 0.717) is 0 Å². The predicted molar refractivity (Wildman–Crippen MR) is 72.8 cm³/mol. The van der Waals surface area contributed by atoms with E-state index in [1.54, 1.807) is 11.3 Å². The molecule has 2 aromatic rings. The Kier molecular flexibility index (Phi) is 4.06. The molecule has 0 radical (unpaired) electrons. The number of rotatable bonds is 5. The molecule has 1 N–H and O–H groups in total. The van der Waals surface area contributed by atoms with Gasteiger partial charge in [0.25, 0.3) is 0 Å². The molecule has 4 nitrogen and oxygen atoms in total. The van der Waals surface area contributed by atoms with Gasteiger partial charge in [-0.1, -0.05) is 13.8 Å². The SMILES string of the molecule is CCc1csc(C(C)Nc2nc(CC)ns2)n1. The molecule has 0 spiro atoms. The molecule has 0 fully saturated rings. The second-order valence-corrected chi connectivity index (χ2v) is 5.41. The summed E-state index contributed by atoms with van der Waals surface area (Å²) >= 11 is 3.11. The van der Waals surface area contributed by atoms with Crippen molar-refractivity contribution >= 4 is 28.0 Å². The molecule has 0 bridgehead atoms. The van der Waals surface area contributed by atoms with E-state index < -0.39 is 0 Å². The van der Waals surface area contributed by atoms with Gasteiger partial charge in [-0.25, -0.2) is 9.97 Å². The zero-order valence-corrected chi connectivity index (χ0v) is 11.9. The van der Waals surface area contributed by atoms with Crippen LogP contribution in [0.3, 0.4) is 0 Å². The fraction of sp³-hybridized carbons (Fsp3) is 0.545. The lowest BCUT2D eigenvalue weighted by atomic mass is 10.3. The number of nitrogens with zero attached hydrogens (tertiary/aromatic N) is 3. The average molecular weight is 268 g/mol. The molecule has 0 aliphatic carbocycles. The first-order valence-corrected chi connectivity index (χ1v) is 7.41. The summed E-state index contributed by atoms with van der Waals surface area (Å²) in [6, 6.07) is 0.193. The highest BCUT2D eigenvalue weighted by Gasteiger charge is 2.12. The summed E-state index contributed by atoms with van der Waals surface area (Å²) in [5.74, 6) is 0.901. The van der Waals surface area contributed by atoms with Gasteiger partial charge in [0.1, 0.15) is 10.8 Å². The highest BCUT2D eigenvalue weighted by molar-refractivity contribution is 7.10. The zero-order valence-electron chi connectivity index (χ0n) is 10.2. The van der Waals surface area contributed by atoms with Crippen molar-refractivity contribution in [2.24, 2.45) is 0 Å². The standard InChI is InChI=1S/C11H16N4S2/c1-4-8-6-16-10(13-8)7(3)12-11-14-9(5-2)15-17-11/h6-7H,4-5H2,1-3H3,(H,12,14,15). The van der Waals surface area contributed by atoms with Crippen molar-refractivity contribution in [1.82, 2.24) is 14.3 Å². The van der Waals surface area contributed by atoms with Crippen LogP contribution in [0.25, 0.3) is 0 Å². The van der Waals surface area contributed by atoms with Crippen LogP contribution >= 0.6 is 22.9 Å². The molecule has 17 heavy (non-hydrogen) atoms. The topological polar surface area (TPSA) is 50.7 Å². The summed E-state index contributed by atoms with van der Waals surface area (Å²) in [6.45, 7) is 6.28.